The van der Waals surface area contributed by atoms with Gasteiger partial charge in [0.2, 0.25) is 3.79 Å². The van der Waals surface area contributed by atoms with E-state index in [2.05, 4.69) is 39.0 Å². The first-order valence-electron chi connectivity index (χ1n) is 15.9. The summed E-state index contributed by atoms with van der Waals surface area (Å²) in [5.74, 6) is -0.264. The maximum atomic E-state index is 13.8. The van der Waals surface area contributed by atoms with E-state index >= 15 is 0 Å². The van der Waals surface area contributed by atoms with Gasteiger partial charge < -0.3 is 28.1 Å². The minimum absolute atomic E-state index is 0.0713. The fourth-order valence-electron chi connectivity index (χ4n) is 5.06. The average Bonchev–Trinajstić information content (AvgIpc) is 3.36. The molecule has 2 amide bonds. The Kier molecular flexibility index (Phi) is 12.1. The van der Waals surface area contributed by atoms with Crippen molar-refractivity contribution in [3.8, 4) is 0 Å². The third-order valence-corrected chi connectivity index (χ3v) is 14.6. The number of rotatable bonds is 9. The zero-order valence-corrected chi connectivity index (χ0v) is 32.7. The van der Waals surface area contributed by atoms with Crippen molar-refractivity contribution in [2.75, 3.05) is 26.3 Å². The van der Waals surface area contributed by atoms with E-state index < -0.39 is 53.6 Å². The zero-order chi connectivity index (χ0) is 35.8. The third kappa shape index (κ3) is 9.59. The lowest BCUT2D eigenvalue weighted by molar-refractivity contribution is -0.140. The Labute approximate surface area is 294 Å². The summed E-state index contributed by atoms with van der Waals surface area (Å²) in [4.78, 5) is 43.6. The second-order valence-corrected chi connectivity index (χ2v) is 22.1. The summed E-state index contributed by atoms with van der Waals surface area (Å²) in [7, 11) is -1.88. The number of ether oxygens (including phenoxy) is 3. The SMILES string of the molecule is CCOC(=O)C1=C(c2cc(CCCO[Si](C)(C)C(C)(C)C)no2)CC2CN(C(=O)OC(C)(C)C)CC1N2C(=O)OC(C)(C)C(Cl)(Cl)Cl. The van der Waals surface area contributed by atoms with Gasteiger partial charge in [0.1, 0.15) is 5.60 Å². The van der Waals surface area contributed by atoms with E-state index in [4.69, 9.17) is 58.0 Å². The van der Waals surface area contributed by atoms with Gasteiger partial charge in [0.25, 0.3) is 0 Å². The van der Waals surface area contributed by atoms with Crippen LogP contribution < -0.4 is 0 Å². The van der Waals surface area contributed by atoms with Crippen LogP contribution in [0.25, 0.3) is 5.57 Å². The molecule has 0 spiro atoms. The molecule has 2 bridgehead atoms. The maximum Gasteiger partial charge on any atom is 0.411 e. The van der Waals surface area contributed by atoms with E-state index in [1.165, 1.54) is 23.6 Å². The number of carbonyl (C=O) groups excluding carboxylic acids is 3. The smallest absolute Gasteiger partial charge is 0.411 e. The predicted molar refractivity (Wildman–Crippen MR) is 184 cm³/mol. The topological polar surface area (TPSA) is 121 Å². The number of alkyl halides is 3. The number of amides is 2. The molecule has 3 heterocycles. The quantitative estimate of drug-likeness (QED) is 0.0818. The lowest BCUT2D eigenvalue weighted by Gasteiger charge is -2.50. The molecule has 0 N–H and O–H groups in total. The molecule has 47 heavy (non-hydrogen) atoms. The lowest BCUT2D eigenvalue weighted by atomic mass is 9.84. The van der Waals surface area contributed by atoms with Gasteiger partial charge in [-0.15, -0.1) is 0 Å². The number of hydrogen-bond donors (Lipinski definition) is 0. The molecular formula is C32H50Cl3N3O8Si. The van der Waals surface area contributed by atoms with Crippen LogP contribution in [0.4, 0.5) is 9.59 Å². The predicted octanol–water partition coefficient (Wildman–Crippen LogP) is 7.92. The highest BCUT2D eigenvalue weighted by atomic mass is 35.6. The molecule has 11 nitrogen and oxygen atoms in total. The van der Waals surface area contributed by atoms with Gasteiger partial charge in [-0.2, -0.15) is 0 Å². The van der Waals surface area contributed by atoms with Crippen molar-refractivity contribution in [3.63, 3.8) is 0 Å². The monoisotopic (exact) mass is 737 g/mol. The number of carbonyl (C=O) groups is 3. The summed E-state index contributed by atoms with van der Waals surface area (Å²) in [6.45, 7) is 21.7. The lowest BCUT2D eigenvalue weighted by Crippen LogP contribution is -2.66. The molecule has 1 aromatic heterocycles. The molecule has 0 radical (unpaired) electrons. The maximum absolute atomic E-state index is 13.8. The Bertz CT molecular complexity index is 1340. The molecule has 0 aliphatic carbocycles. The Morgan fingerprint density at radius 1 is 1.00 bits per heavy atom. The highest BCUT2D eigenvalue weighted by Gasteiger charge is 2.52. The number of piperazine rings is 1. The molecule has 3 rings (SSSR count). The van der Waals surface area contributed by atoms with Crippen molar-refractivity contribution < 1.29 is 37.5 Å². The van der Waals surface area contributed by atoms with Crippen LogP contribution in [0.2, 0.25) is 18.1 Å². The third-order valence-electron chi connectivity index (χ3n) is 8.74. The summed E-state index contributed by atoms with van der Waals surface area (Å²) >= 11 is 18.4. The van der Waals surface area contributed by atoms with E-state index in [1.807, 2.05) is 6.07 Å². The van der Waals surface area contributed by atoms with Gasteiger partial charge in [0.05, 0.1) is 30.0 Å². The molecule has 0 aromatic carbocycles. The first-order chi connectivity index (χ1) is 21.4. The molecule has 1 aromatic rings. The van der Waals surface area contributed by atoms with Crippen molar-refractivity contribution in [2.45, 2.75) is 127 Å². The first-order valence-corrected chi connectivity index (χ1v) is 20.0. The van der Waals surface area contributed by atoms with Gasteiger partial charge in [-0.05, 0) is 78.9 Å². The standard InChI is InChI=1S/C32H50Cl3N3O8Si/c1-12-42-26(39)25-22(24-16-20(36-46-24)14-13-15-43-47(10,11)30(5,6)7)17-21-18-37(27(40)44-29(2,3)4)19-23(25)38(21)28(41)45-31(8,9)32(33,34)35/h16,21,23H,12-15,17-19H2,1-11H3. The molecule has 0 saturated carbocycles. The highest BCUT2D eigenvalue weighted by Crippen LogP contribution is 2.44. The van der Waals surface area contributed by atoms with Gasteiger partial charge >= 0.3 is 18.2 Å². The van der Waals surface area contributed by atoms with E-state index in [1.54, 1.807) is 27.7 Å². The van der Waals surface area contributed by atoms with Crippen molar-refractivity contribution >= 4 is 66.8 Å². The minimum Gasteiger partial charge on any atom is -0.463 e. The summed E-state index contributed by atoms with van der Waals surface area (Å²) in [5, 5.41) is 4.39. The van der Waals surface area contributed by atoms with Gasteiger partial charge in [-0.3, -0.25) is 4.90 Å². The summed E-state index contributed by atoms with van der Waals surface area (Å²) in [6.07, 6.45) is 0.119. The second-order valence-electron chi connectivity index (χ2n) is 15.0. The van der Waals surface area contributed by atoms with Gasteiger partial charge in [-0.1, -0.05) is 60.7 Å². The van der Waals surface area contributed by atoms with Gasteiger partial charge in [-0.25, -0.2) is 14.4 Å². The number of halogens is 3. The van der Waals surface area contributed by atoms with E-state index in [0.717, 1.165) is 6.42 Å². The number of aryl methyl sites for hydroxylation is 1. The highest BCUT2D eigenvalue weighted by molar-refractivity contribution is 6.74. The van der Waals surface area contributed by atoms with Crippen molar-refractivity contribution in [1.82, 2.24) is 15.0 Å². The summed E-state index contributed by atoms with van der Waals surface area (Å²) in [6, 6.07) is 0.191. The minimum atomic E-state index is -1.94. The normalized spacial score (nSPS) is 19.5. The van der Waals surface area contributed by atoms with E-state index in [9.17, 15) is 14.4 Å². The number of aromatic nitrogens is 1. The van der Waals surface area contributed by atoms with Crippen LogP contribution in [0.3, 0.4) is 0 Å². The molecule has 2 unspecified atom stereocenters. The second kappa shape index (κ2) is 14.5. The van der Waals surface area contributed by atoms with Crippen LogP contribution >= 0.6 is 34.8 Å². The zero-order valence-electron chi connectivity index (χ0n) is 29.4. The van der Waals surface area contributed by atoms with Crippen LogP contribution in [-0.4, -0.2) is 94.8 Å². The summed E-state index contributed by atoms with van der Waals surface area (Å²) < 4.78 is 27.0. The Balaban J connectivity index is 1.99. The van der Waals surface area contributed by atoms with Gasteiger partial charge in [0, 0.05) is 31.3 Å². The van der Waals surface area contributed by atoms with E-state index in [-0.39, 0.29) is 36.7 Å². The van der Waals surface area contributed by atoms with Crippen LogP contribution in [-0.2, 0) is 29.9 Å². The largest absolute Gasteiger partial charge is 0.463 e. The molecule has 2 aliphatic rings. The van der Waals surface area contributed by atoms with Gasteiger partial charge in [0.15, 0.2) is 19.7 Å². The van der Waals surface area contributed by atoms with Crippen LogP contribution in [0.1, 0.15) is 86.6 Å². The van der Waals surface area contributed by atoms with Crippen molar-refractivity contribution in [1.29, 1.82) is 0 Å². The fraction of sp³-hybridized carbons (Fsp3) is 0.750. The molecule has 1 fully saturated rings. The van der Waals surface area contributed by atoms with Crippen LogP contribution in [0.15, 0.2) is 16.2 Å². The fourth-order valence-corrected chi connectivity index (χ4v) is 6.26. The number of nitrogens with zero attached hydrogens (tertiary/aromatic N) is 3. The number of fused-ring (bicyclic) bond motifs is 2. The molecule has 1 saturated heterocycles. The molecular weight excluding hydrogens is 689 g/mol. The van der Waals surface area contributed by atoms with Crippen molar-refractivity contribution in [3.05, 3.63) is 23.1 Å². The Morgan fingerprint density at radius 3 is 2.19 bits per heavy atom. The molecule has 266 valence electrons. The molecule has 2 aliphatic heterocycles. The summed E-state index contributed by atoms with van der Waals surface area (Å²) in [5.41, 5.74) is -0.863. The Morgan fingerprint density at radius 2 is 1.64 bits per heavy atom. The number of hydrogen-bond acceptors (Lipinski definition) is 9. The van der Waals surface area contributed by atoms with Crippen LogP contribution in [0, 0.1) is 0 Å². The average molecular weight is 739 g/mol. The number of esters is 1. The first kappa shape index (κ1) is 39.4. The van der Waals surface area contributed by atoms with Crippen LogP contribution in [0.5, 0.6) is 0 Å². The molecule has 2 atom stereocenters. The van der Waals surface area contributed by atoms with Crippen molar-refractivity contribution in [2.24, 2.45) is 0 Å². The Hall–Kier alpha value is -1.99. The van der Waals surface area contributed by atoms with E-state index in [0.29, 0.717) is 30.1 Å². The molecule has 15 heteroatoms.